The molecule has 2 rings (SSSR count). The zero-order valence-electron chi connectivity index (χ0n) is 23.9. The van der Waals surface area contributed by atoms with Crippen LogP contribution in [-0.2, 0) is 23.9 Å². The lowest BCUT2D eigenvalue weighted by molar-refractivity contribution is -0.134. The molecule has 0 spiro atoms. The van der Waals surface area contributed by atoms with Crippen LogP contribution in [0.4, 0.5) is 5.69 Å². The number of carboxylic acid groups (broad SMARTS) is 1. The number of unbranched alkanes of at least 4 members (excludes halogenated alkanes) is 1. The Labute approximate surface area is 228 Å². The predicted molar refractivity (Wildman–Crippen MR) is 150 cm³/mol. The maximum absolute atomic E-state index is 12.1. The summed E-state index contributed by atoms with van der Waals surface area (Å²) in [6.45, 7) is 14.4. The zero-order valence-corrected chi connectivity index (χ0v) is 23.9. The van der Waals surface area contributed by atoms with E-state index >= 15 is 0 Å². The van der Waals surface area contributed by atoms with E-state index < -0.39 is 11.9 Å². The van der Waals surface area contributed by atoms with Crippen LogP contribution in [-0.4, -0.2) is 85.0 Å². The van der Waals surface area contributed by atoms with Gasteiger partial charge in [-0.25, -0.2) is 5.01 Å². The van der Waals surface area contributed by atoms with Gasteiger partial charge in [-0.2, -0.15) is 0 Å². The average molecular weight is 547 g/mol. The van der Waals surface area contributed by atoms with E-state index in [0.717, 1.165) is 33.0 Å². The van der Waals surface area contributed by atoms with Crippen molar-refractivity contribution < 1.29 is 44.3 Å². The molecule has 1 aliphatic heterocycles. The number of nitrogens with one attached hydrogen (secondary N) is 1. The number of hydrogen-bond donors (Lipinski definition) is 5. The summed E-state index contributed by atoms with van der Waals surface area (Å²) in [5.74, 6) is -1.68. The minimum atomic E-state index is -0.833. The molecule has 11 nitrogen and oxygen atoms in total. The molecular formula is C27H50N2O9. The predicted octanol–water partition coefficient (Wildman–Crippen LogP) is 2.79. The molecule has 0 radical (unpaired) electrons. The van der Waals surface area contributed by atoms with Crippen molar-refractivity contribution in [1.29, 1.82) is 0 Å². The van der Waals surface area contributed by atoms with Gasteiger partial charge < -0.3 is 29.9 Å². The summed E-state index contributed by atoms with van der Waals surface area (Å²) in [7, 11) is 1.55. The number of ether oxygens (including phenoxy) is 2. The van der Waals surface area contributed by atoms with Gasteiger partial charge in [-0.1, -0.05) is 44.0 Å². The van der Waals surface area contributed by atoms with E-state index in [-0.39, 0.29) is 31.6 Å². The van der Waals surface area contributed by atoms with E-state index in [1.807, 2.05) is 45.9 Å². The zero-order chi connectivity index (χ0) is 30.2. The van der Waals surface area contributed by atoms with Gasteiger partial charge in [0.15, 0.2) is 0 Å². The standard InChI is InChI=1S/C13H16N2O2.C4H10O.C3H8O2.C3H6.C2H4O2.C2H6O2/c1-2-3-9-11-12(16)14-15(13(11)17)10-7-5-4-6-8-10;1-3-5-4-2;1-5-3-2-4;1-3-2;1-2(3)4;3-1-2-4/h4-8,11H,2-3,9H2,1H3,(H,14,16);3-4H2,1-2H3;4H,2-3H2,1H3;3H,1H2,2H3;1H3,(H,3,4);3-4H,1-2H2. The molecule has 0 bridgehead atoms. The second-order valence-corrected chi connectivity index (χ2v) is 7.05. The molecule has 1 fully saturated rings. The molecule has 2 amide bonds. The van der Waals surface area contributed by atoms with Crippen LogP contribution in [0.2, 0.25) is 0 Å². The first kappa shape index (κ1) is 42.3. The van der Waals surface area contributed by atoms with Gasteiger partial charge in [0.05, 0.1) is 32.1 Å². The van der Waals surface area contributed by atoms with Crippen LogP contribution in [0.15, 0.2) is 43.0 Å². The SMILES string of the molecule is C=CC.CC(=O)O.CCCCC1C(=O)NN(c2ccccc2)C1=O.CCOCC.COCCO.OCCO. The maximum Gasteiger partial charge on any atom is 0.300 e. The van der Waals surface area contributed by atoms with E-state index in [4.69, 9.17) is 30.0 Å². The van der Waals surface area contributed by atoms with Crippen LogP contribution >= 0.6 is 0 Å². The highest BCUT2D eigenvalue weighted by molar-refractivity contribution is 6.14. The highest BCUT2D eigenvalue weighted by atomic mass is 16.5. The van der Waals surface area contributed by atoms with E-state index in [0.29, 0.717) is 18.7 Å². The number of aliphatic hydroxyl groups is 3. The largest absolute Gasteiger partial charge is 0.481 e. The summed E-state index contributed by atoms with van der Waals surface area (Å²) < 4.78 is 9.27. The Hall–Kier alpha value is -2.83. The normalized spacial score (nSPS) is 12.8. The molecule has 0 aromatic heterocycles. The molecule has 0 saturated carbocycles. The second kappa shape index (κ2) is 34.2. The molecule has 1 atom stereocenters. The number of hydrogen-bond acceptors (Lipinski definition) is 8. The van der Waals surface area contributed by atoms with Gasteiger partial charge in [-0.3, -0.25) is 19.8 Å². The van der Waals surface area contributed by atoms with Gasteiger partial charge in [0.2, 0.25) is 0 Å². The van der Waals surface area contributed by atoms with Crippen LogP contribution in [0.3, 0.4) is 0 Å². The van der Waals surface area contributed by atoms with E-state index in [1.165, 1.54) is 5.01 Å². The molecule has 222 valence electrons. The number of carbonyl (C=O) groups is 3. The highest BCUT2D eigenvalue weighted by Gasteiger charge is 2.39. The van der Waals surface area contributed by atoms with Crippen molar-refractivity contribution in [2.24, 2.45) is 5.92 Å². The number of benzene rings is 1. The number of methoxy groups -OCH3 is 1. The molecule has 1 aromatic rings. The van der Waals surface area contributed by atoms with Crippen molar-refractivity contribution in [3.63, 3.8) is 0 Å². The number of aliphatic hydroxyl groups excluding tert-OH is 3. The third kappa shape index (κ3) is 29.4. The minimum absolute atomic E-state index is 0.122. The highest BCUT2D eigenvalue weighted by Crippen LogP contribution is 2.22. The summed E-state index contributed by atoms with van der Waals surface area (Å²) in [6, 6.07) is 9.17. The number of anilines is 1. The third-order valence-corrected chi connectivity index (χ3v) is 3.72. The third-order valence-electron chi connectivity index (χ3n) is 3.72. The monoisotopic (exact) mass is 546 g/mol. The number of para-hydroxylation sites is 1. The molecule has 0 aliphatic carbocycles. The Morgan fingerprint density at radius 1 is 1.05 bits per heavy atom. The van der Waals surface area contributed by atoms with Crippen LogP contribution in [0.5, 0.6) is 0 Å². The van der Waals surface area contributed by atoms with Crippen molar-refractivity contribution in [1.82, 2.24) is 5.43 Å². The van der Waals surface area contributed by atoms with Crippen molar-refractivity contribution in [2.75, 3.05) is 51.8 Å². The molecule has 38 heavy (non-hydrogen) atoms. The number of carbonyl (C=O) groups excluding carboxylic acids is 2. The van der Waals surface area contributed by atoms with Crippen LogP contribution in [0.25, 0.3) is 0 Å². The van der Waals surface area contributed by atoms with Crippen LogP contribution in [0.1, 0.15) is 53.9 Å². The molecule has 1 unspecified atom stereocenters. The summed E-state index contributed by atoms with van der Waals surface area (Å²) in [4.78, 5) is 32.8. The number of hydrazine groups is 1. The second-order valence-electron chi connectivity index (χ2n) is 7.05. The van der Waals surface area contributed by atoms with Crippen LogP contribution in [0, 0.1) is 5.92 Å². The first-order chi connectivity index (χ1) is 18.1. The fraction of sp³-hybridized carbons (Fsp3) is 0.593. The fourth-order valence-electron chi connectivity index (χ4n) is 2.24. The Morgan fingerprint density at radius 2 is 1.53 bits per heavy atom. The summed E-state index contributed by atoms with van der Waals surface area (Å²) in [5, 5.41) is 32.0. The van der Waals surface area contributed by atoms with Gasteiger partial charge >= 0.3 is 0 Å². The minimum Gasteiger partial charge on any atom is -0.481 e. The topological polar surface area (TPSA) is 166 Å². The molecule has 1 aromatic carbocycles. The van der Waals surface area contributed by atoms with E-state index in [9.17, 15) is 9.59 Å². The lowest BCUT2D eigenvalue weighted by Gasteiger charge is -2.14. The van der Waals surface area contributed by atoms with Gasteiger partial charge in [0, 0.05) is 27.2 Å². The number of amides is 2. The summed E-state index contributed by atoms with van der Waals surface area (Å²) in [6.07, 6.45) is 4.26. The number of rotatable bonds is 9. The van der Waals surface area contributed by atoms with Crippen molar-refractivity contribution in [3.05, 3.63) is 43.0 Å². The van der Waals surface area contributed by atoms with Gasteiger partial charge in [-0.05, 0) is 39.3 Å². The number of carboxylic acids is 1. The summed E-state index contributed by atoms with van der Waals surface area (Å²) in [5.41, 5.74) is 3.34. The summed E-state index contributed by atoms with van der Waals surface area (Å²) >= 11 is 0. The van der Waals surface area contributed by atoms with Crippen LogP contribution < -0.4 is 10.4 Å². The maximum atomic E-state index is 12.1. The number of nitrogens with zero attached hydrogens (tertiary/aromatic N) is 1. The Balaban J connectivity index is -0.000000227. The number of allylic oxidation sites excluding steroid dienone is 1. The lowest BCUT2D eigenvalue weighted by Crippen LogP contribution is -2.35. The van der Waals surface area contributed by atoms with Crippen molar-refractivity contribution >= 4 is 23.5 Å². The van der Waals surface area contributed by atoms with Gasteiger partial charge in [-0.15, -0.1) is 6.58 Å². The molecule has 1 heterocycles. The smallest absolute Gasteiger partial charge is 0.300 e. The van der Waals surface area contributed by atoms with E-state index in [1.54, 1.807) is 25.3 Å². The molecular weight excluding hydrogens is 496 g/mol. The first-order valence-corrected chi connectivity index (χ1v) is 12.5. The fourth-order valence-corrected chi connectivity index (χ4v) is 2.24. The Bertz CT molecular complexity index is 658. The van der Waals surface area contributed by atoms with Gasteiger partial charge in [0.1, 0.15) is 5.92 Å². The molecule has 1 aliphatic rings. The Morgan fingerprint density at radius 3 is 1.82 bits per heavy atom. The van der Waals surface area contributed by atoms with Crippen molar-refractivity contribution in [2.45, 2.75) is 53.9 Å². The average Bonchev–Trinajstić information content (AvgIpc) is 3.18. The molecule has 5 N–H and O–H groups in total. The first-order valence-electron chi connectivity index (χ1n) is 12.5. The quantitative estimate of drug-likeness (QED) is 0.231. The van der Waals surface area contributed by atoms with Crippen molar-refractivity contribution in [3.8, 4) is 0 Å². The molecule has 11 heteroatoms. The lowest BCUT2D eigenvalue weighted by atomic mass is 10.0. The molecule has 1 saturated heterocycles. The Kier molecular flexibility index (Phi) is 38.0. The number of aliphatic carboxylic acids is 1. The van der Waals surface area contributed by atoms with E-state index in [2.05, 4.69) is 16.7 Å². The van der Waals surface area contributed by atoms with Gasteiger partial charge in [0.25, 0.3) is 17.8 Å².